The van der Waals surface area contributed by atoms with Gasteiger partial charge in [0.05, 0.1) is 14.1 Å². The van der Waals surface area contributed by atoms with Crippen molar-refractivity contribution in [3.05, 3.63) is 48.0 Å². The van der Waals surface area contributed by atoms with Crippen molar-refractivity contribution < 1.29 is 38.0 Å². The molecule has 1 atom stereocenters. The molecule has 0 saturated carbocycles. The number of esters is 1. The summed E-state index contributed by atoms with van der Waals surface area (Å²) in [6.07, 6.45) is -0.214. The van der Waals surface area contributed by atoms with Gasteiger partial charge in [-0.05, 0) is 6.92 Å². The molecule has 0 spiro atoms. The summed E-state index contributed by atoms with van der Waals surface area (Å²) in [5.41, 5.74) is 1.65. The standard InChI is InChI=1S/C15H22NO2.HI/c1-12(2)15(17)18-13(3)16(4,5)11-14-9-7-6-8-10-14;/h6-10,13H,1,11H2,2-5H3;1H/q+1;/p-1. The molecule has 0 aliphatic rings. The monoisotopic (exact) mass is 375 g/mol. The fourth-order valence-electron chi connectivity index (χ4n) is 1.58. The van der Waals surface area contributed by atoms with E-state index in [1.54, 1.807) is 6.92 Å². The van der Waals surface area contributed by atoms with Gasteiger partial charge < -0.3 is 28.7 Å². The Kier molecular flexibility index (Phi) is 7.29. The van der Waals surface area contributed by atoms with Gasteiger partial charge in [-0.2, -0.15) is 0 Å². The van der Waals surface area contributed by atoms with Crippen LogP contribution in [0.1, 0.15) is 19.4 Å². The lowest BCUT2D eigenvalue weighted by atomic mass is 10.2. The van der Waals surface area contributed by atoms with Gasteiger partial charge in [-0.3, -0.25) is 4.48 Å². The van der Waals surface area contributed by atoms with Gasteiger partial charge in [0.25, 0.3) is 0 Å². The first-order valence-corrected chi connectivity index (χ1v) is 6.06. The Morgan fingerprint density at radius 2 is 1.84 bits per heavy atom. The van der Waals surface area contributed by atoms with Gasteiger partial charge in [-0.1, -0.05) is 36.9 Å². The van der Waals surface area contributed by atoms with Crippen molar-refractivity contribution in [3.8, 4) is 0 Å². The van der Waals surface area contributed by atoms with E-state index in [1.165, 1.54) is 5.56 Å². The summed E-state index contributed by atoms with van der Waals surface area (Å²) in [6.45, 7) is 7.97. The minimum absolute atomic E-state index is 0. The number of quaternary nitrogens is 1. The van der Waals surface area contributed by atoms with Crippen molar-refractivity contribution in [1.82, 2.24) is 0 Å². The van der Waals surface area contributed by atoms with E-state index < -0.39 is 0 Å². The maximum atomic E-state index is 11.5. The minimum atomic E-state index is -0.332. The number of ether oxygens (including phenoxy) is 1. The Morgan fingerprint density at radius 3 is 2.32 bits per heavy atom. The third kappa shape index (κ3) is 5.74. The van der Waals surface area contributed by atoms with Crippen LogP contribution in [0.3, 0.4) is 0 Å². The number of hydrogen-bond donors (Lipinski definition) is 0. The Balaban J connectivity index is 0.00000324. The van der Waals surface area contributed by atoms with Crippen LogP contribution in [0.5, 0.6) is 0 Å². The van der Waals surface area contributed by atoms with E-state index in [-0.39, 0.29) is 36.2 Å². The highest BCUT2D eigenvalue weighted by Gasteiger charge is 2.27. The second-order valence-corrected chi connectivity index (χ2v) is 5.21. The van der Waals surface area contributed by atoms with Gasteiger partial charge in [0.15, 0.2) is 0 Å². The molecule has 1 unspecified atom stereocenters. The SMILES string of the molecule is C=C(C)C(=O)OC(C)[N+](C)(C)Cc1ccccc1.[I-]. The molecule has 3 nitrogen and oxygen atoms in total. The number of halogens is 1. The summed E-state index contributed by atoms with van der Waals surface area (Å²) in [5.74, 6) is -0.332. The molecule has 0 aliphatic carbocycles. The van der Waals surface area contributed by atoms with Crippen LogP contribution in [-0.2, 0) is 16.1 Å². The van der Waals surface area contributed by atoms with Crippen LogP contribution in [-0.4, -0.2) is 30.8 Å². The first-order valence-electron chi connectivity index (χ1n) is 6.06. The Morgan fingerprint density at radius 1 is 1.32 bits per heavy atom. The summed E-state index contributed by atoms with van der Waals surface area (Å²) >= 11 is 0. The fourth-order valence-corrected chi connectivity index (χ4v) is 1.58. The largest absolute Gasteiger partial charge is 1.00 e. The van der Waals surface area contributed by atoms with Crippen molar-refractivity contribution in [2.45, 2.75) is 26.6 Å². The molecule has 0 bridgehead atoms. The molecule has 0 aliphatic heterocycles. The van der Waals surface area contributed by atoms with Gasteiger partial charge in [0, 0.05) is 18.1 Å². The Bertz CT molecular complexity index is 429. The van der Waals surface area contributed by atoms with Crippen LogP contribution in [0.2, 0.25) is 0 Å². The quantitative estimate of drug-likeness (QED) is 0.233. The summed E-state index contributed by atoms with van der Waals surface area (Å²) in [6, 6.07) is 10.2. The first kappa shape index (κ1) is 18.1. The normalized spacial score (nSPS) is 12.2. The van der Waals surface area contributed by atoms with Gasteiger partial charge in [0.2, 0.25) is 6.23 Å². The van der Waals surface area contributed by atoms with Gasteiger partial charge >= 0.3 is 5.97 Å². The lowest BCUT2D eigenvalue weighted by Gasteiger charge is -2.35. The molecule has 0 aromatic heterocycles. The molecule has 0 radical (unpaired) electrons. The third-order valence-electron chi connectivity index (χ3n) is 3.04. The van der Waals surface area contributed by atoms with Crippen LogP contribution >= 0.6 is 0 Å². The van der Waals surface area contributed by atoms with Crippen LogP contribution in [0, 0.1) is 0 Å². The van der Waals surface area contributed by atoms with Crippen molar-refractivity contribution in [2.75, 3.05) is 14.1 Å². The highest BCUT2D eigenvalue weighted by atomic mass is 127. The second kappa shape index (κ2) is 7.65. The molecule has 1 aromatic rings. The molecule has 1 rings (SSSR count). The summed E-state index contributed by atoms with van der Waals surface area (Å²) in [4.78, 5) is 11.5. The van der Waals surface area contributed by atoms with Crippen LogP contribution < -0.4 is 24.0 Å². The average Bonchev–Trinajstić information content (AvgIpc) is 2.29. The minimum Gasteiger partial charge on any atom is -1.00 e. The number of carbonyl (C=O) groups is 1. The van der Waals surface area contributed by atoms with Crippen LogP contribution in [0.25, 0.3) is 0 Å². The lowest BCUT2D eigenvalue weighted by molar-refractivity contribution is -0.945. The topological polar surface area (TPSA) is 26.3 Å². The summed E-state index contributed by atoms with van der Waals surface area (Å²) < 4.78 is 5.97. The van der Waals surface area contributed by atoms with E-state index in [4.69, 9.17) is 4.74 Å². The molecule has 19 heavy (non-hydrogen) atoms. The number of benzene rings is 1. The lowest BCUT2D eigenvalue weighted by Crippen LogP contribution is -3.00. The summed E-state index contributed by atoms with van der Waals surface area (Å²) in [7, 11) is 4.09. The maximum Gasteiger partial charge on any atom is 0.337 e. The zero-order chi connectivity index (χ0) is 13.8. The van der Waals surface area contributed by atoms with Gasteiger partial charge in [-0.25, -0.2) is 4.79 Å². The van der Waals surface area contributed by atoms with E-state index in [0.29, 0.717) is 10.1 Å². The van der Waals surface area contributed by atoms with Crippen molar-refractivity contribution in [2.24, 2.45) is 0 Å². The van der Waals surface area contributed by atoms with Gasteiger partial charge in [0.1, 0.15) is 6.54 Å². The third-order valence-corrected chi connectivity index (χ3v) is 3.04. The number of nitrogens with zero attached hydrogens (tertiary/aromatic N) is 1. The Labute approximate surface area is 132 Å². The van der Waals surface area contributed by atoms with Crippen LogP contribution in [0.15, 0.2) is 42.5 Å². The second-order valence-electron chi connectivity index (χ2n) is 5.21. The smallest absolute Gasteiger partial charge is 0.337 e. The highest BCUT2D eigenvalue weighted by molar-refractivity contribution is 5.86. The van der Waals surface area contributed by atoms with Crippen molar-refractivity contribution in [1.29, 1.82) is 0 Å². The molecule has 106 valence electrons. The average molecular weight is 375 g/mol. The molecule has 0 amide bonds. The molecule has 0 heterocycles. The van der Waals surface area contributed by atoms with E-state index in [1.807, 2.05) is 39.2 Å². The van der Waals surface area contributed by atoms with E-state index in [0.717, 1.165) is 6.54 Å². The van der Waals surface area contributed by atoms with Crippen molar-refractivity contribution >= 4 is 5.97 Å². The number of hydrogen-bond acceptors (Lipinski definition) is 2. The maximum absolute atomic E-state index is 11.5. The zero-order valence-corrected chi connectivity index (χ0v) is 14.2. The summed E-state index contributed by atoms with van der Waals surface area (Å²) in [5, 5.41) is 0. The molecule has 0 saturated heterocycles. The Hall–Kier alpha value is -0.880. The van der Waals surface area contributed by atoms with Gasteiger partial charge in [-0.15, -0.1) is 0 Å². The predicted molar refractivity (Wildman–Crippen MR) is 72.6 cm³/mol. The molecule has 1 aromatic carbocycles. The van der Waals surface area contributed by atoms with E-state index >= 15 is 0 Å². The number of rotatable bonds is 5. The molecule has 4 heteroatoms. The molecular weight excluding hydrogens is 353 g/mol. The predicted octanol–water partition coefficient (Wildman–Crippen LogP) is -0.268. The molecular formula is C15H22INO2. The van der Waals surface area contributed by atoms with E-state index in [9.17, 15) is 4.79 Å². The van der Waals surface area contributed by atoms with E-state index in [2.05, 4.69) is 18.7 Å². The van der Waals surface area contributed by atoms with Crippen molar-refractivity contribution in [3.63, 3.8) is 0 Å². The zero-order valence-electron chi connectivity index (χ0n) is 12.0. The first-order chi connectivity index (χ1) is 8.33. The highest BCUT2D eigenvalue weighted by Crippen LogP contribution is 2.15. The van der Waals surface area contributed by atoms with Crippen LogP contribution in [0.4, 0.5) is 0 Å². The molecule has 0 N–H and O–H groups in total. The fraction of sp³-hybridized carbons (Fsp3) is 0.400. The number of carbonyl (C=O) groups excluding carboxylic acids is 1. The molecule has 0 fully saturated rings.